The molecule has 3 amide bonds. The van der Waals surface area contributed by atoms with Crippen LogP contribution in [0.5, 0.6) is 0 Å². The highest BCUT2D eigenvalue weighted by atomic mass is 16.4. The summed E-state index contributed by atoms with van der Waals surface area (Å²) in [7, 11) is 0. The zero-order chi connectivity index (χ0) is 11.5. The summed E-state index contributed by atoms with van der Waals surface area (Å²) in [4.78, 5) is 23.8. The van der Waals surface area contributed by atoms with Gasteiger partial charge in [-0.2, -0.15) is 0 Å². The van der Waals surface area contributed by atoms with Gasteiger partial charge in [-0.05, 0) is 25.7 Å². The predicted molar refractivity (Wildman–Crippen MR) is 57.3 cm³/mol. The summed E-state index contributed by atoms with van der Waals surface area (Å²) in [6, 6.07) is 0.364. The first-order chi connectivity index (χ1) is 7.66. The second kappa shape index (κ2) is 4.59. The Morgan fingerprint density at radius 2 is 2.06 bits per heavy atom. The lowest BCUT2D eigenvalue weighted by Crippen LogP contribution is -2.44. The molecule has 0 atom stereocenters. The van der Waals surface area contributed by atoms with Crippen LogP contribution in [0.25, 0.3) is 0 Å². The highest BCUT2D eigenvalue weighted by molar-refractivity contribution is 5.76. The molecular formula is C10H17N3O3. The second-order valence-electron chi connectivity index (χ2n) is 4.38. The Bertz CT molecular complexity index is 287. The number of urea groups is 1. The van der Waals surface area contributed by atoms with E-state index in [9.17, 15) is 9.59 Å². The van der Waals surface area contributed by atoms with Crippen molar-refractivity contribution in [1.29, 1.82) is 0 Å². The van der Waals surface area contributed by atoms with Gasteiger partial charge in [0, 0.05) is 25.2 Å². The first-order valence-corrected chi connectivity index (χ1v) is 5.71. The minimum Gasteiger partial charge on any atom is -0.465 e. The van der Waals surface area contributed by atoms with E-state index in [1.807, 2.05) is 4.90 Å². The maximum atomic E-state index is 11.4. The maximum absolute atomic E-state index is 11.4. The molecule has 1 saturated carbocycles. The van der Waals surface area contributed by atoms with E-state index in [4.69, 9.17) is 5.11 Å². The van der Waals surface area contributed by atoms with Gasteiger partial charge in [0.2, 0.25) is 0 Å². The minimum absolute atomic E-state index is 0.0228. The Labute approximate surface area is 94.0 Å². The fraction of sp³-hybridized carbons (Fsp3) is 0.800. The van der Waals surface area contributed by atoms with Gasteiger partial charge in [0.25, 0.3) is 0 Å². The van der Waals surface area contributed by atoms with Gasteiger partial charge in [0.05, 0.1) is 0 Å². The van der Waals surface area contributed by atoms with Crippen molar-refractivity contribution in [1.82, 2.24) is 15.5 Å². The molecule has 1 heterocycles. The van der Waals surface area contributed by atoms with Crippen molar-refractivity contribution in [3.8, 4) is 0 Å². The summed E-state index contributed by atoms with van der Waals surface area (Å²) in [6.07, 6.45) is 2.46. The molecule has 0 aromatic rings. The normalized spacial score (nSPS) is 30.0. The number of nitrogens with one attached hydrogen (secondary N) is 2. The Morgan fingerprint density at radius 3 is 2.56 bits per heavy atom. The molecule has 0 aromatic carbocycles. The zero-order valence-corrected chi connectivity index (χ0v) is 9.11. The first-order valence-electron chi connectivity index (χ1n) is 5.71. The summed E-state index contributed by atoms with van der Waals surface area (Å²) in [5.41, 5.74) is 0. The van der Waals surface area contributed by atoms with Crippen LogP contribution >= 0.6 is 0 Å². The van der Waals surface area contributed by atoms with E-state index < -0.39 is 6.09 Å². The Kier molecular flexibility index (Phi) is 3.17. The lowest BCUT2D eigenvalue weighted by atomic mass is 9.90. The largest absolute Gasteiger partial charge is 0.465 e. The van der Waals surface area contributed by atoms with Crippen molar-refractivity contribution in [2.24, 2.45) is 0 Å². The van der Waals surface area contributed by atoms with Crippen LogP contribution in [0.2, 0.25) is 0 Å². The van der Waals surface area contributed by atoms with Gasteiger partial charge in [-0.3, -0.25) is 0 Å². The molecule has 2 aliphatic rings. The van der Waals surface area contributed by atoms with Crippen molar-refractivity contribution >= 4 is 12.1 Å². The standard InChI is InChI=1S/C10H17N3O3/c14-9-11-5-6-13(9)8-3-1-7(2-4-8)12-10(15)16/h7-8,12H,1-6H2,(H,11,14)(H,15,16)/t7-,8-. The molecule has 16 heavy (non-hydrogen) atoms. The van der Waals surface area contributed by atoms with E-state index in [1.165, 1.54) is 0 Å². The summed E-state index contributed by atoms with van der Waals surface area (Å²) < 4.78 is 0. The topological polar surface area (TPSA) is 81.7 Å². The van der Waals surface area contributed by atoms with E-state index >= 15 is 0 Å². The van der Waals surface area contributed by atoms with E-state index in [2.05, 4.69) is 10.6 Å². The molecular weight excluding hydrogens is 210 g/mol. The Morgan fingerprint density at radius 1 is 1.38 bits per heavy atom. The first kappa shape index (κ1) is 11.0. The average molecular weight is 227 g/mol. The molecule has 2 fully saturated rings. The van der Waals surface area contributed by atoms with Gasteiger partial charge in [-0.1, -0.05) is 0 Å². The highest BCUT2D eigenvalue weighted by Gasteiger charge is 2.31. The predicted octanol–water partition coefficient (Wildman–Crippen LogP) is 0.590. The van der Waals surface area contributed by atoms with E-state index in [1.54, 1.807) is 0 Å². The van der Waals surface area contributed by atoms with Gasteiger partial charge in [0.1, 0.15) is 0 Å². The lowest BCUT2D eigenvalue weighted by molar-refractivity contribution is 0.160. The molecule has 90 valence electrons. The van der Waals surface area contributed by atoms with Crippen LogP contribution in [0, 0.1) is 0 Å². The molecule has 0 aromatic heterocycles. The van der Waals surface area contributed by atoms with Crippen LogP contribution < -0.4 is 10.6 Å². The van der Waals surface area contributed by atoms with Crippen LogP contribution in [0.15, 0.2) is 0 Å². The number of hydrogen-bond donors (Lipinski definition) is 3. The van der Waals surface area contributed by atoms with Gasteiger partial charge in [-0.25, -0.2) is 9.59 Å². The molecule has 6 heteroatoms. The summed E-state index contributed by atoms with van der Waals surface area (Å²) in [6.45, 7) is 1.51. The average Bonchev–Trinajstić information content (AvgIpc) is 2.65. The zero-order valence-electron chi connectivity index (χ0n) is 9.11. The van der Waals surface area contributed by atoms with Gasteiger partial charge < -0.3 is 20.6 Å². The fourth-order valence-corrected chi connectivity index (χ4v) is 2.54. The van der Waals surface area contributed by atoms with Gasteiger partial charge in [0.15, 0.2) is 0 Å². The second-order valence-corrected chi connectivity index (χ2v) is 4.38. The number of rotatable bonds is 2. The summed E-state index contributed by atoms with van der Waals surface area (Å²) in [5, 5.41) is 13.9. The Balaban J connectivity index is 1.80. The third kappa shape index (κ3) is 2.37. The van der Waals surface area contributed by atoms with E-state index in [-0.39, 0.29) is 18.1 Å². The van der Waals surface area contributed by atoms with Gasteiger partial charge >= 0.3 is 12.1 Å². The quantitative estimate of drug-likeness (QED) is 0.645. The molecule has 0 radical (unpaired) electrons. The van der Waals surface area contributed by atoms with Crippen molar-refractivity contribution in [2.75, 3.05) is 13.1 Å². The van der Waals surface area contributed by atoms with Crippen molar-refractivity contribution in [3.05, 3.63) is 0 Å². The van der Waals surface area contributed by atoms with Crippen LogP contribution in [0.4, 0.5) is 9.59 Å². The van der Waals surface area contributed by atoms with Gasteiger partial charge in [-0.15, -0.1) is 0 Å². The number of amides is 3. The minimum atomic E-state index is -0.956. The highest BCUT2D eigenvalue weighted by Crippen LogP contribution is 2.24. The summed E-state index contributed by atoms with van der Waals surface area (Å²) >= 11 is 0. The summed E-state index contributed by atoms with van der Waals surface area (Å²) in [5.74, 6) is 0. The van der Waals surface area contributed by atoms with Crippen molar-refractivity contribution in [2.45, 2.75) is 37.8 Å². The number of carbonyl (C=O) groups excluding carboxylic acids is 1. The molecule has 3 N–H and O–H groups in total. The third-order valence-corrected chi connectivity index (χ3v) is 3.35. The fourth-order valence-electron chi connectivity index (χ4n) is 2.54. The third-order valence-electron chi connectivity index (χ3n) is 3.35. The molecule has 0 spiro atoms. The lowest BCUT2D eigenvalue weighted by Gasteiger charge is -2.33. The number of carboxylic acid groups (broad SMARTS) is 1. The van der Waals surface area contributed by atoms with E-state index in [0.717, 1.165) is 38.8 Å². The Hall–Kier alpha value is -1.46. The van der Waals surface area contributed by atoms with E-state index in [0.29, 0.717) is 0 Å². The molecule has 0 bridgehead atoms. The van der Waals surface area contributed by atoms with Crippen LogP contribution in [0.3, 0.4) is 0 Å². The molecule has 1 saturated heterocycles. The molecule has 0 unspecified atom stereocenters. The monoisotopic (exact) mass is 227 g/mol. The smallest absolute Gasteiger partial charge is 0.404 e. The van der Waals surface area contributed by atoms with Crippen molar-refractivity contribution < 1.29 is 14.7 Å². The number of carbonyl (C=O) groups is 2. The SMILES string of the molecule is O=C(O)N[C@H]1CC[C@H](N2CCNC2=O)CC1. The number of nitrogens with zero attached hydrogens (tertiary/aromatic N) is 1. The van der Waals surface area contributed by atoms with Crippen molar-refractivity contribution in [3.63, 3.8) is 0 Å². The molecule has 6 nitrogen and oxygen atoms in total. The van der Waals surface area contributed by atoms with Crippen LogP contribution in [0.1, 0.15) is 25.7 Å². The van der Waals surface area contributed by atoms with Crippen LogP contribution in [-0.4, -0.2) is 47.3 Å². The molecule has 1 aliphatic carbocycles. The number of hydrogen-bond acceptors (Lipinski definition) is 2. The maximum Gasteiger partial charge on any atom is 0.404 e. The molecule has 1 aliphatic heterocycles. The molecule has 2 rings (SSSR count). The van der Waals surface area contributed by atoms with Crippen LogP contribution in [-0.2, 0) is 0 Å².